The lowest BCUT2D eigenvalue weighted by Crippen LogP contribution is -2.27. The van der Waals surface area contributed by atoms with E-state index >= 15 is 0 Å². The highest BCUT2D eigenvalue weighted by molar-refractivity contribution is 7.91. The molecule has 0 aliphatic carbocycles. The Kier molecular flexibility index (Phi) is 5.74. The number of carbonyl (C=O) groups excluding carboxylic acids is 1. The quantitative estimate of drug-likeness (QED) is 0.816. The molecule has 2 heterocycles. The average Bonchev–Trinajstić information content (AvgIpc) is 3.26. The molecule has 0 saturated carbocycles. The number of para-hydroxylation sites is 1. The molecule has 1 amide bonds. The fraction of sp³-hybridized carbons (Fsp3) is 0.450. The van der Waals surface area contributed by atoms with Gasteiger partial charge in [0.2, 0.25) is 5.91 Å². The van der Waals surface area contributed by atoms with Gasteiger partial charge in [0, 0.05) is 23.7 Å². The van der Waals surface area contributed by atoms with Crippen LogP contribution < -0.4 is 5.32 Å². The van der Waals surface area contributed by atoms with E-state index in [4.69, 9.17) is 0 Å². The van der Waals surface area contributed by atoms with Crippen molar-refractivity contribution < 1.29 is 13.2 Å². The van der Waals surface area contributed by atoms with Crippen molar-refractivity contribution >= 4 is 33.0 Å². The van der Waals surface area contributed by atoms with Crippen LogP contribution in [0.4, 0.5) is 5.69 Å². The Balaban J connectivity index is 1.71. The first kappa shape index (κ1) is 20.0. The van der Waals surface area contributed by atoms with Gasteiger partial charge in [-0.3, -0.25) is 4.79 Å². The molecule has 1 aliphatic rings. The summed E-state index contributed by atoms with van der Waals surface area (Å²) in [5, 5.41) is 2.98. The minimum absolute atomic E-state index is 0.0796. The third-order valence-electron chi connectivity index (χ3n) is 4.64. The Hall–Kier alpha value is -1.70. The molecule has 3 rings (SSSR count). The number of hydrogen-bond donors (Lipinski definition) is 1. The molecule has 0 spiro atoms. The summed E-state index contributed by atoms with van der Waals surface area (Å²) in [5.74, 6) is -0.140. The van der Waals surface area contributed by atoms with Gasteiger partial charge in [-0.05, 0) is 42.0 Å². The molecule has 0 bridgehead atoms. The van der Waals surface area contributed by atoms with Crippen molar-refractivity contribution in [2.75, 3.05) is 18.4 Å². The maximum atomic E-state index is 12.6. The number of carbonyl (C=O) groups is 1. The minimum Gasteiger partial charge on any atom is -0.326 e. The highest BCUT2D eigenvalue weighted by atomic mass is 32.2. The number of benzene rings is 1. The first-order chi connectivity index (χ1) is 12.7. The average molecular weight is 407 g/mol. The molecule has 146 valence electrons. The molecule has 1 saturated heterocycles. The van der Waals surface area contributed by atoms with Crippen LogP contribution >= 0.6 is 11.3 Å². The van der Waals surface area contributed by atoms with Crippen molar-refractivity contribution in [2.45, 2.75) is 49.7 Å². The van der Waals surface area contributed by atoms with E-state index in [1.807, 2.05) is 24.3 Å². The van der Waals surface area contributed by atoms with Crippen LogP contribution in [0, 0.1) is 0 Å². The van der Waals surface area contributed by atoms with Crippen molar-refractivity contribution in [3.8, 4) is 0 Å². The van der Waals surface area contributed by atoms with Crippen molar-refractivity contribution in [1.29, 1.82) is 0 Å². The van der Waals surface area contributed by atoms with Gasteiger partial charge in [0.25, 0.3) is 10.0 Å². The van der Waals surface area contributed by atoms with Crippen LogP contribution in [-0.2, 0) is 26.7 Å². The van der Waals surface area contributed by atoms with Gasteiger partial charge in [-0.25, -0.2) is 8.42 Å². The second kappa shape index (κ2) is 7.73. The summed E-state index contributed by atoms with van der Waals surface area (Å²) in [5.41, 5.74) is 1.79. The van der Waals surface area contributed by atoms with E-state index in [0.717, 1.165) is 29.0 Å². The number of amides is 1. The zero-order valence-corrected chi connectivity index (χ0v) is 17.6. The van der Waals surface area contributed by atoms with Gasteiger partial charge < -0.3 is 5.32 Å². The molecule has 1 N–H and O–H groups in total. The second-order valence-electron chi connectivity index (χ2n) is 7.85. The predicted octanol–water partition coefficient (Wildman–Crippen LogP) is 4.01. The summed E-state index contributed by atoms with van der Waals surface area (Å²) >= 11 is 1.18. The van der Waals surface area contributed by atoms with E-state index in [2.05, 4.69) is 26.1 Å². The minimum atomic E-state index is -3.42. The lowest BCUT2D eigenvalue weighted by atomic mass is 9.86. The Bertz CT molecular complexity index is 921. The zero-order valence-electron chi connectivity index (χ0n) is 16.0. The van der Waals surface area contributed by atoms with Gasteiger partial charge in [-0.1, -0.05) is 39.0 Å². The molecule has 0 atom stereocenters. The summed E-state index contributed by atoms with van der Waals surface area (Å²) in [6.45, 7) is 7.48. The Labute approximate surface area is 165 Å². The van der Waals surface area contributed by atoms with E-state index in [1.54, 1.807) is 12.1 Å². The van der Waals surface area contributed by atoms with E-state index < -0.39 is 10.0 Å². The molecule has 5 nitrogen and oxygen atoms in total. The van der Waals surface area contributed by atoms with E-state index in [0.29, 0.717) is 17.3 Å². The second-order valence-corrected chi connectivity index (χ2v) is 11.2. The standard InChI is InChI=1S/C20H26N2O3S2/c1-20(2,3)16-8-4-5-9-17(16)21-18(23)14-15-10-11-19(26-15)27(24,25)22-12-6-7-13-22/h4-5,8-11H,6-7,12-14H2,1-3H3,(H,21,23). The van der Waals surface area contributed by atoms with Crippen molar-refractivity contribution in [3.63, 3.8) is 0 Å². The first-order valence-corrected chi connectivity index (χ1v) is 11.4. The predicted molar refractivity (Wildman–Crippen MR) is 110 cm³/mol. The summed E-state index contributed by atoms with van der Waals surface area (Å²) in [7, 11) is -3.42. The molecular formula is C20H26N2O3S2. The van der Waals surface area contributed by atoms with Crippen LogP contribution in [0.25, 0.3) is 0 Å². The number of anilines is 1. The van der Waals surface area contributed by atoms with Gasteiger partial charge in [0.15, 0.2) is 0 Å². The maximum absolute atomic E-state index is 12.6. The van der Waals surface area contributed by atoms with Crippen LogP contribution in [0.3, 0.4) is 0 Å². The lowest BCUT2D eigenvalue weighted by Gasteiger charge is -2.22. The normalized spacial score (nSPS) is 15.8. The smallest absolute Gasteiger partial charge is 0.252 e. The topological polar surface area (TPSA) is 66.5 Å². The summed E-state index contributed by atoms with van der Waals surface area (Å²) < 4.78 is 27.1. The summed E-state index contributed by atoms with van der Waals surface area (Å²) in [4.78, 5) is 13.3. The number of hydrogen-bond acceptors (Lipinski definition) is 4. The zero-order chi connectivity index (χ0) is 19.7. The third-order valence-corrected chi connectivity index (χ3v) is 8.09. The molecule has 0 radical (unpaired) electrons. The molecular weight excluding hydrogens is 380 g/mol. The highest BCUT2D eigenvalue weighted by Crippen LogP contribution is 2.30. The maximum Gasteiger partial charge on any atom is 0.252 e. The molecule has 7 heteroatoms. The molecule has 1 aromatic carbocycles. The van der Waals surface area contributed by atoms with Crippen molar-refractivity contribution in [3.05, 3.63) is 46.8 Å². The van der Waals surface area contributed by atoms with Crippen molar-refractivity contribution in [2.24, 2.45) is 0 Å². The number of nitrogens with one attached hydrogen (secondary N) is 1. The third kappa shape index (κ3) is 4.59. The van der Waals surface area contributed by atoms with Crippen LogP contribution in [0.1, 0.15) is 44.1 Å². The Morgan fingerprint density at radius 1 is 1.11 bits per heavy atom. The molecule has 0 unspecified atom stereocenters. The van der Waals surface area contributed by atoms with Gasteiger partial charge in [0.05, 0.1) is 6.42 Å². The number of thiophene rings is 1. The van der Waals surface area contributed by atoms with Gasteiger partial charge >= 0.3 is 0 Å². The molecule has 1 fully saturated rings. The van der Waals surface area contributed by atoms with E-state index in [-0.39, 0.29) is 17.7 Å². The molecule has 2 aromatic rings. The lowest BCUT2D eigenvalue weighted by molar-refractivity contribution is -0.115. The molecule has 1 aliphatic heterocycles. The monoisotopic (exact) mass is 406 g/mol. The largest absolute Gasteiger partial charge is 0.326 e. The number of rotatable bonds is 5. The Morgan fingerprint density at radius 2 is 1.78 bits per heavy atom. The van der Waals surface area contributed by atoms with Crippen molar-refractivity contribution in [1.82, 2.24) is 4.31 Å². The van der Waals surface area contributed by atoms with Crippen LogP contribution in [0.15, 0.2) is 40.6 Å². The van der Waals surface area contributed by atoms with Gasteiger partial charge in [-0.15, -0.1) is 11.3 Å². The molecule has 1 aromatic heterocycles. The summed E-state index contributed by atoms with van der Waals surface area (Å²) in [6.07, 6.45) is 1.98. The van der Waals surface area contributed by atoms with Crippen LogP contribution in [0.5, 0.6) is 0 Å². The Morgan fingerprint density at radius 3 is 2.44 bits per heavy atom. The fourth-order valence-corrected chi connectivity index (χ4v) is 6.27. The first-order valence-electron chi connectivity index (χ1n) is 9.16. The van der Waals surface area contributed by atoms with Gasteiger partial charge in [0.1, 0.15) is 4.21 Å². The van der Waals surface area contributed by atoms with E-state index in [9.17, 15) is 13.2 Å². The SMILES string of the molecule is CC(C)(C)c1ccccc1NC(=O)Cc1ccc(S(=O)(=O)N2CCCC2)s1. The number of nitrogens with zero attached hydrogens (tertiary/aromatic N) is 1. The molecule has 27 heavy (non-hydrogen) atoms. The highest BCUT2D eigenvalue weighted by Gasteiger charge is 2.28. The van der Waals surface area contributed by atoms with E-state index in [1.165, 1.54) is 15.6 Å². The van der Waals surface area contributed by atoms with Crippen LogP contribution in [-0.4, -0.2) is 31.7 Å². The number of sulfonamides is 1. The van der Waals surface area contributed by atoms with Crippen LogP contribution in [0.2, 0.25) is 0 Å². The van der Waals surface area contributed by atoms with Gasteiger partial charge in [-0.2, -0.15) is 4.31 Å². The summed E-state index contributed by atoms with van der Waals surface area (Å²) in [6, 6.07) is 11.1. The fourth-order valence-electron chi connectivity index (χ4n) is 3.25.